The van der Waals surface area contributed by atoms with Crippen molar-refractivity contribution in [1.29, 1.82) is 0 Å². The van der Waals surface area contributed by atoms with Crippen molar-refractivity contribution in [3.8, 4) is 0 Å². The Morgan fingerprint density at radius 1 is 1.36 bits per heavy atom. The Kier molecular flexibility index (Phi) is 5.09. The van der Waals surface area contributed by atoms with Crippen LogP contribution in [0.1, 0.15) is 42.0 Å². The van der Waals surface area contributed by atoms with Gasteiger partial charge in [0.15, 0.2) is 11.5 Å². The van der Waals surface area contributed by atoms with Crippen LogP contribution in [-0.4, -0.2) is 44.8 Å². The maximum absolute atomic E-state index is 12.9. The van der Waals surface area contributed by atoms with Gasteiger partial charge in [0.25, 0.3) is 5.89 Å². The van der Waals surface area contributed by atoms with Gasteiger partial charge in [0, 0.05) is 32.8 Å². The summed E-state index contributed by atoms with van der Waals surface area (Å²) >= 11 is 0. The lowest BCUT2D eigenvalue weighted by Gasteiger charge is -2.31. The number of nitrogens with zero attached hydrogens (tertiary/aromatic N) is 5. The largest absolute Gasteiger partial charge is 0.434 e. The first-order chi connectivity index (χ1) is 11.9. The summed E-state index contributed by atoms with van der Waals surface area (Å²) in [6.07, 6.45) is -1.70. The summed E-state index contributed by atoms with van der Waals surface area (Å²) < 4.78 is 50.0. The van der Waals surface area contributed by atoms with Crippen LogP contribution in [0.4, 0.5) is 13.2 Å². The van der Waals surface area contributed by atoms with Gasteiger partial charge in [-0.2, -0.15) is 18.2 Å². The Morgan fingerprint density at radius 3 is 2.84 bits per heavy atom. The number of methoxy groups -OCH3 is 1. The fourth-order valence-electron chi connectivity index (χ4n) is 3.14. The highest BCUT2D eigenvalue weighted by molar-refractivity contribution is 5.12. The number of aryl methyl sites for hydroxylation is 1. The number of rotatable bonds is 5. The van der Waals surface area contributed by atoms with E-state index in [2.05, 4.69) is 20.0 Å². The summed E-state index contributed by atoms with van der Waals surface area (Å²) in [5.41, 5.74) is -0.843. The molecule has 138 valence electrons. The summed E-state index contributed by atoms with van der Waals surface area (Å²) in [6.45, 7) is 2.18. The maximum atomic E-state index is 12.9. The average molecular weight is 359 g/mol. The standard InChI is InChI=1S/C15H20F3N5O2/c1-22-7-11(15(16,17)18)19-14(22)10-4-3-5-23(6-10)8-12-20-13(9-24-2)25-21-12/h7,10H,3-6,8-9H2,1-2H3. The minimum absolute atomic E-state index is 0.0554. The van der Waals surface area contributed by atoms with Gasteiger partial charge in [0.2, 0.25) is 0 Å². The lowest BCUT2D eigenvalue weighted by molar-refractivity contribution is -0.141. The molecular formula is C15H20F3N5O2. The Bertz CT molecular complexity index is 712. The summed E-state index contributed by atoms with van der Waals surface area (Å²) in [5.74, 6) is 1.36. The third-order valence-electron chi connectivity index (χ3n) is 4.22. The van der Waals surface area contributed by atoms with Crippen LogP contribution < -0.4 is 0 Å². The molecular weight excluding hydrogens is 339 g/mol. The second-order valence-electron chi connectivity index (χ2n) is 6.20. The molecule has 1 saturated heterocycles. The summed E-state index contributed by atoms with van der Waals surface area (Å²) in [6, 6.07) is 0. The zero-order chi connectivity index (χ0) is 18.0. The fraction of sp³-hybridized carbons (Fsp3) is 0.667. The van der Waals surface area contributed by atoms with E-state index in [9.17, 15) is 13.2 Å². The quantitative estimate of drug-likeness (QED) is 0.816. The topological polar surface area (TPSA) is 69.2 Å². The van der Waals surface area contributed by atoms with Crippen LogP contribution in [0, 0.1) is 0 Å². The van der Waals surface area contributed by atoms with Gasteiger partial charge in [-0.25, -0.2) is 4.98 Å². The van der Waals surface area contributed by atoms with Crippen molar-refractivity contribution in [2.75, 3.05) is 20.2 Å². The normalized spacial score (nSPS) is 19.5. The van der Waals surface area contributed by atoms with Gasteiger partial charge in [-0.15, -0.1) is 0 Å². The average Bonchev–Trinajstić information content (AvgIpc) is 3.14. The highest BCUT2D eigenvalue weighted by Gasteiger charge is 2.36. The van der Waals surface area contributed by atoms with Crippen molar-refractivity contribution >= 4 is 0 Å². The number of imidazole rings is 1. The van der Waals surface area contributed by atoms with E-state index >= 15 is 0 Å². The van der Waals surface area contributed by atoms with E-state index < -0.39 is 11.9 Å². The Balaban J connectivity index is 1.67. The summed E-state index contributed by atoms with van der Waals surface area (Å²) in [5, 5.41) is 3.90. The molecule has 0 aliphatic carbocycles. The zero-order valence-electron chi connectivity index (χ0n) is 14.1. The van der Waals surface area contributed by atoms with Gasteiger partial charge in [0.1, 0.15) is 12.4 Å². The lowest BCUT2D eigenvalue weighted by atomic mass is 9.97. The lowest BCUT2D eigenvalue weighted by Crippen LogP contribution is -2.35. The van der Waals surface area contributed by atoms with Crippen LogP contribution in [-0.2, 0) is 31.1 Å². The molecule has 1 atom stereocenters. The highest BCUT2D eigenvalue weighted by atomic mass is 19.4. The fourth-order valence-corrected chi connectivity index (χ4v) is 3.14. The van der Waals surface area contributed by atoms with Gasteiger partial charge >= 0.3 is 6.18 Å². The monoisotopic (exact) mass is 359 g/mol. The number of ether oxygens (including phenoxy) is 1. The van der Waals surface area contributed by atoms with E-state index in [0.717, 1.165) is 25.6 Å². The molecule has 2 aromatic heterocycles. The van der Waals surface area contributed by atoms with E-state index in [1.807, 2.05) is 0 Å². The molecule has 2 aromatic rings. The van der Waals surface area contributed by atoms with Crippen LogP contribution in [0.15, 0.2) is 10.7 Å². The Hall–Kier alpha value is -1.94. The third-order valence-corrected chi connectivity index (χ3v) is 4.22. The molecule has 25 heavy (non-hydrogen) atoms. The van der Waals surface area contributed by atoms with Crippen molar-refractivity contribution in [3.05, 3.63) is 29.4 Å². The van der Waals surface area contributed by atoms with Gasteiger partial charge in [-0.05, 0) is 19.4 Å². The summed E-state index contributed by atoms with van der Waals surface area (Å²) in [7, 11) is 3.15. The minimum Gasteiger partial charge on any atom is -0.375 e. The second-order valence-corrected chi connectivity index (χ2v) is 6.20. The number of hydrogen-bond donors (Lipinski definition) is 0. The molecule has 1 aliphatic heterocycles. The van der Waals surface area contributed by atoms with Crippen LogP contribution in [0.3, 0.4) is 0 Å². The Morgan fingerprint density at radius 2 is 2.16 bits per heavy atom. The molecule has 0 amide bonds. The van der Waals surface area contributed by atoms with Crippen molar-refractivity contribution in [2.45, 2.75) is 38.1 Å². The summed E-state index contributed by atoms with van der Waals surface area (Å²) in [4.78, 5) is 10.2. The minimum atomic E-state index is -4.42. The molecule has 10 heteroatoms. The molecule has 1 fully saturated rings. The number of piperidine rings is 1. The van der Waals surface area contributed by atoms with Gasteiger partial charge < -0.3 is 13.8 Å². The first-order valence-corrected chi connectivity index (χ1v) is 8.00. The van der Waals surface area contributed by atoms with E-state index in [1.54, 1.807) is 14.2 Å². The van der Waals surface area contributed by atoms with E-state index in [-0.39, 0.29) is 12.5 Å². The van der Waals surface area contributed by atoms with Crippen molar-refractivity contribution < 1.29 is 22.4 Å². The van der Waals surface area contributed by atoms with Crippen LogP contribution in [0.2, 0.25) is 0 Å². The Labute approximate surface area is 142 Å². The second kappa shape index (κ2) is 7.12. The van der Waals surface area contributed by atoms with Gasteiger partial charge in [-0.3, -0.25) is 4.90 Å². The number of halogens is 3. The smallest absolute Gasteiger partial charge is 0.375 e. The van der Waals surface area contributed by atoms with Crippen LogP contribution in [0.25, 0.3) is 0 Å². The van der Waals surface area contributed by atoms with Gasteiger partial charge in [0.05, 0.1) is 6.54 Å². The zero-order valence-corrected chi connectivity index (χ0v) is 14.1. The SMILES string of the molecule is COCc1nc(CN2CCCC(c3nc(C(F)(F)F)cn3C)C2)no1. The van der Waals surface area contributed by atoms with E-state index in [4.69, 9.17) is 9.26 Å². The number of hydrogen-bond acceptors (Lipinski definition) is 6. The molecule has 3 rings (SSSR count). The molecule has 1 unspecified atom stereocenters. The molecule has 0 spiro atoms. The van der Waals surface area contributed by atoms with E-state index in [1.165, 1.54) is 4.57 Å². The van der Waals surface area contributed by atoms with Crippen LogP contribution >= 0.6 is 0 Å². The molecule has 1 aliphatic rings. The molecule has 3 heterocycles. The van der Waals surface area contributed by atoms with E-state index in [0.29, 0.717) is 30.6 Å². The molecule has 0 radical (unpaired) electrons. The molecule has 0 bridgehead atoms. The van der Waals surface area contributed by atoms with Crippen molar-refractivity contribution in [3.63, 3.8) is 0 Å². The highest BCUT2D eigenvalue weighted by Crippen LogP contribution is 2.32. The number of alkyl halides is 3. The molecule has 7 nitrogen and oxygen atoms in total. The predicted molar refractivity (Wildman–Crippen MR) is 80.5 cm³/mol. The maximum Gasteiger partial charge on any atom is 0.434 e. The number of likely N-dealkylation sites (tertiary alicyclic amines) is 1. The first kappa shape index (κ1) is 17.9. The van der Waals surface area contributed by atoms with Gasteiger partial charge in [-0.1, -0.05) is 5.16 Å². The van der Waals surface area contributed by atoms with Crippen molar-refractivity contribution in [1.82, 2.24) is 24.6 Å². The molecule has 0 aromatic carbocycles. The first-order valence-electron chi connectivity index (χ1n) is 8.00. The van der Waals surface area contributed by atoms with Crippen molar-refractivity contribution in [2.24, 2.45) is 7.05 Å². The molecule has 0 N–H and O–H groups in total. The third kappa shape index (κ3) is 4.18. The molecule has 0 saturated carbocycles. The predicted octanol–water partition coefficient (Wildman–Crippen LogP) is 2.35. The number of aromatic nitrogens is 4. The van der Waals surface area contributed by atoms with Crippen LogP contribution in [0.5, 0.6) is 0 Å².